The third-order valence-corrected chi connectivity index (χ3v) is 2.60. The summed E-state index contributed by atoms with van der Waals surface area (Å²) in [6.45, 7) is -0.250. The molecule has 0 saturated carbocycles. The van der Waals surface area contributed by atoms with E-state index in [1.807, 2.05) is 0 Å². The highest BCUT2D eigenvalue weighted by Crippen LogP contribution is 2.32. The van der Waals surface area contributed by atoms with Crippen LogP contribution in [0.25, 0.3) is 0 Å². The number of hydrogen-bond donors (Lipinski definition) is 2. The number of aliphatic hydroxyl groups is 1. The summed E-state index contributed by atoms with van der Waals surface area (Å²) in [6.07, 6.45) is 1.35. The summed E-state index contributed by atoms with van der Waals surface area (Å²) in [5, 5.41) is 9.44. The molecule has 6 heteroatoms. The van der Waals surface area contributed by atoms with Gasteiger partial charge in [-0.1, -0.05) is 34.8 Å². The molecule has 1 aromatic heterocycles. The minimum Gasteiger partial charge on any atom is -0.394 e. The summed E-state index contributed by atoms with van der Waals surface area (Å²) in [4.78, 5) is 3.72. The molecule has 0 fully saturated rings. The van der Waals surface area contributed by atoms with E-state index in [9.17, 15) is 0 Å². The van der Waals surface area contributed by atoms with Crippen LogP contribution in [0.2, 0.25) is 15.2 Å². The van der Waals surface area contributed by atoms with Gasteiger partial charge >= 0.3 is 0 Å². The largest absolute Gasteiger partial charge is 0.394 e. The first-order valence-corrected chi connectivity index (χ1v) is 4.57. The Hall–Kier alpha value is -0.0600. The molecule has 1 aromatic rings. The summed E-state index contributed by atoms with van der Waals surface area (Å²) < 4.78 is 0. The molecular formula is C7H7Cl3N2O. The Morgan fingerprint density at radius 1 is 1.46 bits per heavy atom. The van der Waals surface area contributed by atoms with Gasteiger partial charge in [0.1, 0.15) is 5.15 Å². The average molecular weight is 242 g/mol. The van der Waals surface area contributed by atoms with E-state index in [4.69, 9.17) is 45.6 Å². The highest BCUT2D eigenvalue weighted by atomic mass is 35.5. The van der Waals surface area contributed by atoms with Crippen molar-refractivity contribution in [2.24, 2.45) is 5.73 Å². The van der Waals surface area contributed by atoms with E-state index >= 15 is 0 Å². The van der Waals surface area contributed by atoms with Gasteiger partial charge in [0.25, 0.3) is 0 Å². The van der Waals surface area contributed by atoms with Crippen LogP contribution in [-0.2, 0) is 0 Å². The van der Waals surface area contributed by atoms with Crippen molar-refractivity contribution < 1.29 is 5.11 Å². The second-order valence-corrected chi connectivity index (χ2v) is 3.56. The van der Waals surface area contributed by atoms with Gasteiger partial charge < -0.3 is 10.8 Å². The highest BCUT2D eigenvalue weighted by Gasteiger charge is 2.16. The molecule has 1 rings (SSSR count). The molecule has 0 saturated heterocycles. The summed E-state index contributed by atoms with van der Waals surface area (Å²) in [6, 6.07) is -0.638. The molecule has 1 atom stereocenters. The molecule has 1 unspecified atom stereocenters. The van der Waals surface area contributed by atoms with Crippen LogP contribution in [0.5, 0.6) is 0 Å². The first kappa shape index (κ1) is 11.0. The lowest BCUT2D eigenvalue weighted by Gasteiger charge is -2.12. The van der Waals surface area contributed by atoms with Crippen LogP contribution in [-0.4, -0.2) is 16.7 Å². The number of hydrogen-bond acceptors (Lipinski definition) is 3. The molecule has 72 valence electrons. The topological polar surface area (TPSA) is 59.1 Å². The maximum atomic E-state index is 8.82. The fourth-order valence-corrected chi connectivity index (χ4v) is 1.66. The molecule has 0 aliphatic carbocycles. The van der Waals surface area contributed by atoms with Crippen LogP contribution in [0.1, 0.15) is 11.6 Å². The Balaban J connectivity index is 3.25. The van der Waals surface area contributed by atoms with Gasteiger partial charge in [0.05, 0.1) is 22.7 Å². The van der Waals surface area contributed by atoms with Gasteiger partial charge in [0, 0.05) is 11.8 Å². The second kappa shape index (κ2) is 4.44. The number of aliphatic hydroxyl groups excluding tert-OH is 1. The third-order valence-electron chi connectivity index (χ3n) is 1.53. The van der Waals surface area contributed by atoms with Gasteiger partial charge in [-0.3, -0.25) is 0 Å². The molecule has 13 heavy (non-hydrogen) atoms. The molecule has 0 radical (unpaired) electrons. The molecular weight excluding hydrogens is 234 g/mol. The highest BCUT2D eigenvalue weighted by molar-refractivity contribution is 6.43. The van der Waals surface area contributed by atoms with Crippen molar-refractivity contribution in [2.45, 2.75) is 6.04 Å². The smallest absolute Gasteiger partial charge is 0.148 e. The first-order valence-electron chi connectivity index (χ1n) is 3.43. The Morgan fingerprint density at radius 3 is 2.62 bits per heavy atom. The predicted molar refractivity (Wildman–Crippen MR) is 53.3 cm³/mol. The van der Waals surface area contributed by atoms with Crippen LogP contribution in [0.4, 0.5) is 0 Å². The fourth-order valence-electron chi connectivity index (χ4n) is 0.887. The van der Waals surface area contributed by atoms with E-state index in [-0.39, 0.29) is 16.8 Å². The summed E-state index contributed by atoms with van der Waals surface area (Å²) in [7, 11) is 0. The standard InChI is InChI=1S/C7H7Cl3N2O/c8-3-1-12-7(10)6(9)5(3)4(11)2-13/h1,4,13H,2,11H2. The lowest BCUT2D eigenvalue weighted by Crippen LogP contribution is -2.15. The molecule has 0 aliphatic heterocycles. The number of nitrogens with zero attached hydrogens (tertiary/aromatic N) is 1. The van der Waals surface area contributed by atoms with Gasteiger partial charge in [0.2, 0.25) is 0 Å². The Morgan fingerprint density at radius 2 is 2.08 bits per heavy atom. The van der Waals surface area contributed by atoms with Gasteiger partial charge in [-0.05, 0) is 0 Å². The lowest BCUT2D eigenvalue weighted by molar-refractivity contribution is 0.268. The number of halogens is 3. The molecule has 0 aromatic carbocycles. The normalized spacial score (nSPS) is 13.0. The van der Waals surface area contributed by atoms with Crippen molar-refractivity contribution in [3.05, 3.63) is 27.0 Å². The first-order chi connectivity index (χ1) is 6.07. The molecule has 1 heterocycles. The summed E-state index contributed by atoms with van der Waals surface area (Å²) >= 11 is 17.2. The van der Waals surface area contributed by atoms with Crippen molar-refractivity contribution in [3.8, 4) is 0 Å². The van der Waals surface area contributed by atoms with Crippen molar-refractivity contribution >= 4 is 34.8 Å². The molecule has 0 amide bonds. The monoisotopic (exact) mass is 240 g/mol. The van der Waals surface area contributed by atoms with Gasteiger partial charge in [-0.2, -0.15) is 0 Å². The summed E-state index contributed by atoms with van der Waals surface area (Å²) in [5.74, 6) is 0. The minimum absolute atomic E-state index is 0.130. The number of nitrogens with two attached hydrogens (primary N) is 1. The van der Waals surface area contributed by atoms with Crippen LogP contribution < -0.4 is 5.73 Å². The quantitative estimate of drug-likeness (QED) is 0.779. The number of pyridine rings is 1. The maximum Gasteiger partial charge on any atom is 0.148 e. The molecule has 0 bridgehead atoms. The van der Waals surface area contributed by atoms with E-state index in [0.717, 1.165) is 0 Å². The van der Waals surface area contributed by atoms with E-state index in [1.165, 1.54) is 6.20 Å². The minimum atomic E-state index is -0.638. The SMILES string of the molecule is NC(CO)c1c(Cl)cnc(Cl)c1Cl. The van der Waals surface area contributed by atoms with Crippen molar-refractivity contribution in [1.29, 1.82) is 0 Å². The predicted octanol–water partition coefficient (Wildman–Crippen LogP) is 2.03. The van der Waals surface area contributed by atoms with Crippen molar-refractivity contribution in [1.82, 2.24) is 4.98 Å². The van der Waals surface area contributed by atoms with Crippen molar-refractivity contribution in [3.63, 3.8) is 0 Å². The van der Waals surface area contributed by atoms with Crippen molar-refractivity contribution in [2.75, 3.05) is 6.61 Å². The molecule has 3 nitrogen and oxygen atoms in total. The zero-order chi connectivity index (χ0) is 10.0. The summed E-state index contributed by atoms with van der Waals surface area (Å²) in [5.41, 5.74) is 5.98. The van der Waals surface area contributed by atoms with Crippen LogP contribution in [0.15, 0.2) is 6.20 Å². The van der Waals surface area contributed by atoms with E-state index in [2.05, 4.69) is 4.98 Å². The van der Waals surface area contributed by atoms with Gasteiger partial charge in [-0.15, -0.1) is 0 Å². The fraction of sp³-hybridized carbons (Fsp3) is 0.286. The maximum absolute atomic E-state index is 8.82. The van der Waals surface area contributed by atoms with Crippen LogP contribution >= 0.6 is 34.8 Å². The Bertz CT molecular complexity index is 319. The van der Waals surface area contributed by atoms with Crippen LogP contribution in [0, 0.1) is 0 Å². The van der Waals surface area contributed by atoms with E-state index in [1.54, 1.807) is 0 Å². The van der Waals surface area contributed by atoms with Gasteiger partial charge in [0.15, 0.2) is 0 Å². The van der Waals surface area contributed by atoms with Gasteiger partial charge in [-0.25, -0.2) is 4.98 Å². The molecule has 3 N–H and O–H groups in total. The average Bonchev–Trinajstić information content (AvgIpc) is 2.12. The van der Waals surface area contributed by atoms with Crippen LogP contribution in [0.3, 0.4) is 0 Å². The molecule has 0 spiro atoms. The molecule has 0 aliphatic rings. The number of rotatable bonds is 2. The van der Waals surface area contributed by atoms with E-state index in [0.29, 0.717) is 10.6 Å². The number of aromatic nitrogens is 1. The third kappa shape index (κ3) is 2.24. The Kier molecular flexibility index (Phi) is 3.76. The zero-order valence-electron chi connectivity index (χ0n) is 6.47. The zero-order valence-corrected chi connectivity index (χ0v) is 8.74. The Labute approximate surface area is 90.4 Å². The van der Waals surface area contributed by atoms with E-state index < -0.39 is 6.04 Å². The lowest BCUT2D eigenvalue weighted by atomic mass is 10.1. The second-order valence-electron chi connectivity index (χ2n) is 2.41.